The summed E-state index contributed by atoms with van der Waals surface area (Å²) in [4.78, 5) is 11.3. The van der Waals surface area contributed by atoms with Gasteiger partial charge in [-0.15, -0.1) is 0 Å². The molecule has 1 aromatic carbocycles. The zero-order valence-electron chi connectivity index (χ0n) is 10.7. The van der Waals surface area contributed by atoms with Crippen molar-refractivity contribution in [2.45, 2.75) is 20.8 Å². The Morgan fingerprint density at radius 3 is 2.83 bits per heavy atom. The zero-order valence-corrected chi connectivity index (χ0v) is 10.7. The van der Waals surface area contributed by atoms with Crippen molar-refractivity contribution >= 4 is 17.4 Å². The van der Waals surface area contributed by atoms with Crippen molar-refractivity contribution < 1.29 is 9.53 Å². The molecule has 0 spiro atoms. The molecule has 0 fully saturated rings. The van der Waals surface area contributed by atoms with Gasteiger partial charge in [0.1, 0.15) is 6.07 Å². The van der Waals surface area contributed by atoms with Gasteiger partial charge in [-0.2, -0.15) is 10.4 Å². The number of ether oxygens (including phenoxy) is 1. The summed E-state index contributed by atoms with van der Waals surface area (Å²) in [5.74, 6) is -0.724. The van der Waals surface area contributed by atoms with E-state index in [2.05, 4.69) is 10.5 Å². The molecule has 0 aliphatic heterocycles. The Hall–Kier alpha value is -2.35. The minimum absolute atomic E-state index is 0.211. The summed E-state index contributed by atoms with van der Waals surface area (Å²) in [6.45, 7) is 5.74. The Morgan fingerprint density at radius 1 is 1.50 bits per heavy atom. The van der Waals surface area contributed by atoms with Crippen LogP contribution >= 0.6 is 0 Å². The Labute approximate surface area is 106 Å². The number of nitriles is 1. The summed E-state index contributed by atoms with van der Waals surface area (Å²) in [5, 5.41) is 12.6. The minimum Gasteiger partial charge on any atom is -0.461 e. The van der Waals surface area contributed by atoms with Gasteiger partial charge in [-0.05, 0) is 38.0 Å². The lowest BCUT2D eigenvalue weighted by Crippen LogP contribution is -2.17. The number of nitrogens with zero attached hydrogens (tertiary/aromatic N) is 2. The van der Waals surface area contributed by atoms with E-state index in [9.17, 15) is 4.79 Å². The molecule has 0 saturated heterocycles. The first-order valence-electron chi connectivity index (χ1n) is 5.56. The van der Waals surface area contributed by atoms with Crippen molar-refractivity contribution in [3.05, 3.63) is 29.3 Å². The number of carbonyl (C=O) groups excluding carboxylic acids is 1. The molecule has 0 aromatic heterocycles. The van der Waals surface area contributed by atoms with Crippen LogP contribution in [0.1, 0.15) is 18.1 Å². The topological polar surface area (TPSA) is 74.5 Å². The van der Waals surface area contributed by atoms with Crippen LogP contribution in [0.5, 0.6) is 0 Å². The molecule has 0 aliphatic rings. The quantitative estimate of drug-likeness (QED) is 0.501. The molecule has 5 heteroatoms. The maximum atomic E-state index is 11.3. The van der Waals surface area contributed by atoms with E-state index in [0.717, 1.165) is 16.8 Å². The molecule has 0 aliphatic carbocycles. The molecule has 0 amide bonds. The summed E-state index contributed by atoms with van der Waals surface area (Å²) in [6.07, 6.45) is 0. The highest BCUT2D eigenvalue weighted by atomic mass is 16.5. The average Bonchev–Trinajstić information content (AvgIpc) is 2.34. The van der Waals surface area contributed by atoms with E-state index >= 15 is 0 Å². The van der Waals surface area contributed by atoms with Crippen molar-refractivity contribution in [3.63, 3.8) is 0 Å². The standard InChI is InChI=1S/C13H15N3O2/c1-4-18-13(17)12(8-14)16-15-11-7-9(2)5-6-10(11)3/h5-7,15H,4H2,1-3H3/b16-12+. The number of hydrazone groups is 1. The number of benzene rings is 1. The first kappa shape index (κ1) is 13.7. The van der Waals surface area contributed by atoms with Gasteiger partial charge in [0.15, 0.2) is 0 Å². The van der Waals surface area contributed by atoms with Crippen LogP contribution in [-0.2, 0) is 9.53 Å². The molecule has 0 heterocycles. The van der Waals surface area contributed by atoms with Gasteiger partial charge in [0, 0.05) is 0 Å². The highest BCUT2D eigenvalue weighted by Crippen LogP contribution is 2.16. The Morgan fingerprint density at radius 2 is 2.22 bits per heavy atom. The van der Waals surface area contributed by atoms with Crippen LogP contribution in [0.4, 0.5) is 5.69 Å². The lowest BCUT2D eigenvalue weighted by Gasteiger charge is -2.06. The molecule has 0 atom stereocenters. The van der Waals surface area contributed by atoms with Crippen LogP contribution in [0.15, 0.2) is 23.3 Å². The molecule has 0 radical (unpaired) electrons. The van der Waals surface area contributed by atoms with Crippen LogP contribution < -0.4 is 5.43 Å². The number of hydrogen-bond donors (Lipinski definition) is 1. The van der Waals surface area contributed by atoms with Crippen LogP contribution in [0.3, 0.4) is 0 Å². The van der Waals surface area contributed by atoms with Gasteiger partial charge in [0.2, 0.25) is 5.71 Å². The second-order valence-corrected chi connectivity index (χ2v) is 3.72. The maximum absolute atomic E-state index is 11.3. The fourth-order valence-electron chi connectivity index (χ4n) is 1.29. The van der Waals surface area contributed by atoms with Crippen LogP contribution in [0.25, 0.3) is 0 Å². The summed E-state index contributed by atoms with van der Waals surface area (Å²) in [7, 11) is 0. The van der Waals surface area contributed by atoms with Gasteiger partial charge in [-0.25, -0.2) is 4.79 Å². The predicted molar refractivity (Wildman–Crippen MR) is 69.2 cm³/mol. The molecule has 1 rings (SSSR count). The van der Waals surface area contributed by atoms with Crippen molar-refractivity contribution in [2.75, 3.05) is 12.0 Å². The summed E-state index contributed by atoms with van der Waals surface area (Å²) < 4.78 is 4.71. The van der Waals surface area contributed by atoms with E-state index in [1.54, 1.807) is 13.0 Å². The number of rotatable bonds is 4. The molecule has 5 nitrogen and oxygen atoms in total. The van der Waals surface area contributed by atoms with Crippen LogP contribution in [-0.4, -0.2) is 18.3 Å². The van der Waals surface area contributed by atoms with Crippen molar-refractivity contribution in [3.8, 4) is 6.07 Å². The Kier molecular flexibility index (Phi) is 4.88. The van der Waals surface area contributed by atoms with Gasteiger partial charge in [0.05, 0.1) is 12.3 Å². The molecular weight excluding hydrogens is 230 g/mol. The second kappa shape index (κ2) is 6.40. The highest BCUT2D eigenvalue weighted by molar-refractivity contribution is 6.43. The second-order valence-electron chi connectivity index (χ2n) is 3.72. The molecule has 0 bridgehead atoms. The summed E-state index contributed by atoms with van der Waals surface area (Å²) >= 11 is 0. The van der Waals surface area contributed by atoms with Crippen LogP contribution in [0, 0.1) is 25.2 Å². The first-order valence-corrected chi connectivity index (χ1v) is 5.56. The normalized spacial score (nSPS) is 10.7. The van der Waals surface area contributed by atoms with E-state index in [0.29, 0.717) is 0 Å². The van der Waals surface area contributed by atoms with Crippen LogP contribution in [0.2, 0.25) is 0 Å². The average molecular weight is 245 g/mol. The zero-order chi connectivity index (χ0) is 13.5. The summed E-state index contributed by atoms with van der Waals surface area (Å²) in [5.41, 5.74) is 5.21. The number of aryl methyl sites for hydroxylation is 2. The number of hydrogen-bond acceptors (Lipinski definition) is 5. The molecule has 1 aromatic rings. The molecule has 0 unspecified atom stereocenters. The van der Waals surface area contributed by atoms with Gasteiger partial charge in [-0.1, -0.05) is 12.1 Å². The van der Waals surface area contributed by atoms with Crippen molar-refractivity contribution in [1.29, 1.82) is 5.26 Å². The number of nitrogens with one attached hydrogen (secondary N) is 1. The van der Waals surface area contributed by atoms with E-state index in [-0.39, 0.29) is 12.3 Å². The third-order valence-corrected chi connectivity index (χ3v) is 2.26. The number of carbonyl (C=O) groups is 1. The molecule has 0 saturated carbocycles. The Balaban J connectivity index is 2.87. The van der Waals surface area contributed by atoms with Gasteiger partial charge in [0.25, 0.3) is 0 Å². The fourth-order valence-corrected chi connectivity index (χ4v) is 1.29. The van der Waals surface area contributed by atoms with Gasteiger partial charge >= 0.3 is 5.97 Å². The lowest BCUT2D eigenvalue weighted by atomic mass is 10.1. The molecular formula is C13H15N3O2. The predicted octanol–water partition coefficient (Wildman–Crippen LogP) is 2.16. The van der Waals surface area contributed by atoms with Gasteiger partial charge < -0.3 is 4.74 Å². The highest BCUT2D eigenvalue weighted by Gasteiger charge is 2.11. The molecule has 1 N–H and O–H groups in total. The maximum Gasteiger partial charge on any atom is 0.369 e. The molecule has 18 heavy (non-hydrogen) atoms. The lowest BCUT2D eigenvalue weighted by molar-refractivity contribution is -0.134. The number of anilines is 1. The Bertz CT molecular complexity index is 515. The van der Waals surface area contributed by atoms with E-state index in [4.69, 9.17) is 10.00 Å². The first-order chi connectivity index (χ1) is 8.58. The summed E-state index contributed by atoms with van der Waals surface area (Å²) in [6, 6.07) is 7.50. The fraction of sp³-hybridized carbons (Fsp3) is 0.308. The smallest absolute Gasteiger partial charge is 0.369 e. The van der Waals surface area contributed by atoms with Crippen molar-refractivity contribution in [2.24, 2.45) is 5.10 Å². The van der Waals surface area contributed by atoms with Crippen molar-refractivity contribution in [1.82, 2.24) is 0 Å². The third kappa shape index (κ3) is 3.59. The van der Waals surface area contributed by atoms with E-state index in [1.165, 1.54) is 0 Å². The SMILES string of the molecule is CCOC(=O)/C(C#N)=N/Nc1cc(C)ccc1C. The van der Waals surface area contributed by atoms with E-state index < -0.39 is 5.97 Å². The third-order valence-electron chi connectivity index (χ3n) is 2.26. The minimum atomic E-state index is -0.724. The largest absolute Gasteiger partial charge is 0.461 e. The molecule has 94 valence electrons. The number of esters is 1. The van der Waals surface area contributed by atoms with Gasteiger partial charge in [-0.3, -0.25) is 5.43 Å². The van der Waals surface area contributed by atoms with E-state index in [1.807, 2.05) is 32.0 Å². The monoisotopic (exact) mass is 245 g/mol.